The predicted octanol–water partition coefficient (Wildman–Crippen LogP) is 3.44. The summed E-state index contributed by atoms with van der Waals surface area (Å²) in [6.07, 6.45) is 3.64. The number of phenolic OH excluding ortho intramolecular Hbond substituents is 1. The van der Waals surface area contributed by atoms with E-state index in [0.717, 1.165) is 38.8 Å². The number of ketones is 1. The summed E-state index contributed by atoms with van der Waals surface area (Å²) in [6, 6.07) is 8.40. The van der Waals surface area contributed by atoms with Crippen molar-refractivity contribution < 1.29 is 19.1 Å². The molecule has 0 aliphatic carbocycles. The van der Waals surface area contributed by atoms with Gasteiger partial charge in [0, 0.05) is 41.4 Å². The molecule has 3 atom stereocenters. The number of piperidine rings is 1. The Kier molecular flexibility index (Phi) is 9.11. The number of nitrogens with two attached hydrogens (primary N) is 1. The van der Waals surface area contributed by atoms with E-state index in [1.807, 2.05) is 0 Å². The van der Waals surface area contributed by atoms with Crippen LogP contribution in [0, 0.1) is 11.2 Å². The maximum atomic E-state index is 15.6. The fourth-order valence-corrected chi connectivity index (χ4v) is 5.18. The van der Waals surface area contributed by atoms with Crippen molar-refractivity contribution in [2.24, 2.45) is 11.1 Å². The number of benzene rings is 2. The van der Waals surface area contributed by atoms with E-state index in [-0.39, 0.29) is 53.0 Å². The normalized spacial score (nSPS) is 23.7. The van der Waals surface area contributed by atoms with Crippen LogP contribution in [0.3, 0.4) is 0 Å². The molecule has 2 aliphatic heterocycles. The molecule has 0 saturated carbocycles. The molecule has 9 heteroatoms. The summed E-state index contributed by atoms with van der Waals surface area (Å²) in [5, 5.41) is 20.0. The number of carbonyl (C=O) groups excluding carboxylic acids is 2. The number of rotatable bonds is 5. The molecule has 2 fully saturated rings. The largest absolute Gasteiger partial charge is 0.507 e. The van der Waals surface area contributed by atoms with Gasteiger partial charge in [0.15, 0.2) is 5.78 Å². The van der Waals surface area contributed by atoms with Gasteiger partial charge < -0.3 is 26.8 Å². The van der Waals surface area contributed by atoms with Crippen molar-refractivity contribution in [1.82, 2.24) is 16.0 Å². The molecule has 1 amide bonds. The highest BCUT2D eigenvalue weighted by atomic mass is 35.5. The van der Waals surface area contributed by atoms with Crippen molar-refractivity contribution in [3.63, 3.8) is 0 Å². The van der Waals surface area contributed by atoms with E-state index < -0.39 is 17.3 Å². The summed E-state index contributed by atoms with van der Waals surface area (Å²) in [7, 11) is 0. The second-order valence-electron chi connectivity index (χ2n) is 10.3. The highest BCUT2D eigenvalue weighted by Gasteiger charge is 2.36. The van der Waals surface area contributed by atoms with Crippen LogP contribution in [0.1, 0.15) is 77.4 Å². The first kappa shape index (κ1) is 28.1. The number of hydrogen-bond donors (Lipinski definition) is 5. The molecular formula is C27H36ClFN4O3. The van der Waals surface area contributed by atoms with Crippen molar-refractivity contribution in [3.05, 3.63) is 64.5 Å². The molecule has 2 heterocycles. The van der Waals surface area contributed by atoms with Gasteiger partial charge in [0.05, 0.1) is 0 Å². The lowest BCUT2D eigenvalue weighted by atomic mass is 9.74. The molecule has 1 unspecified atom stereocenters. The molecule has 6 N–H and O–H groups in total. The molecule has 7 nitrogen and oxygen atoms in total. The van der Waals surface area contributed by atoms with Gasteiger partial charge in [0.25, 0.3) is 5.91 Å². The van der Waals surface area contributed by atoms with Gasteiger partial charge in [-0.1, -0.05) is 32.0 Å². The van der Waals surface area contributed by atoms with Crippen LogP contribution in [0.15, 0.2) is 36.4 Å². The van der Waals surface area contributed by atoms with Gasteiger partial charge in [-0.2, -0.15) is 0 Å². The first-order valence-electron chi connectivity index (χ1n) is 12.4. The summed E-state index contributed by atoms with van der Waals surface area (Å²) in [4.78, 5) is 26.0. The van der Waals surface area contributed by atoms with Crippen molar-refractivity contribution in [3.8, 4) is 5.75 Å². The number of aromatic hydroxyl groups is 1. The molecule has 0 spiro atoms. The number of amides is 1. The molecule has 0 radical (unpaired) electrons. The molecule has 2 saturated heterocycles. The van der Waals surface area contributed by atoms with E-state index in [1.54, 1.807) is 6.07 Å². The Labute approximate surface area is 217 Å². The second-order valence-corrected chi connectivity index (χ2v) is 10.3. The minimum absolute atomic E-state index is 0. The second kappa shape index (κ2) is 11.7. The smallest absolute Gasteiger partial charge is 0.251 e. The average Bonchev–Trinajstić information content (AvgIpc) is 3.03. The number of nitrogens with one attached hydrogen (secondary N) is 3. The van der Waals surface area contributed by atoms with E-state index in [4.69, 9.17) is 5.73 Å². The molecule has 4 rings (SSSR count). The lowest BCUT2D eigenvalue weighted by Gasteiger charge is -2.40. The van der Waals surface area contributed by atoms with Crippen molar-refractivity contribution in [2.45, 2.75) is 57.7 Å². The van der Waals surface area contributed by atoms with E-state index in [9.17, 15) is 14.7 Å². The van der Waals surface area contributed by atoms with Gasteiger partial charge >= 0.3 is 0 Å². The summed E-state index contributed by atoms with van der Waals surface area (Å²) in [5.74, 6) is -2.00. The van der Waals surface area contributed by atoms with Crippen LogP contribution in [0.5, 0.6) is 5.75 Å². The van der Waals surface area contributed by atoms with Gasteiger partial charge in [-0.05, 0) is 62.4 Å². The van der Waals surface area contributed by atoms with Crippen LogP contribution in [0.4, 0.5) is 4.39 Å². The highest BCUT2D eigenvalue weighted by molar-refractivity contribution is 6.11. The van der Waals surface area contributed by atoms with E-state index in [1.165, 1.54) is 30.3 Å². The zero-order valence-corrected chi connectivity index (χ0v) is 21.6. The standard InChI is InChI=1S/C27H35FN4O3.ClH/c1-27(2)12-4-14-31-25(27)18-10-11-21(33)22(23(18)28)24(34)16-6-8-17(9-7-16)26(35)32-20-5-3-13-30-15-19(20)29;/h6-11,19-20,25,30-31,33H,3-5,12-15,29H2,1-2H3,(H,32,35);1H/t19-,20-,25?;/m1./s1. The van der Waals surface area contributed by atoms with Crippen molar-refractivity contribution in [1.29, 1.82) is 0 Å². The van der Waals surface area contributed by atoms with Crippen LogP contribution < -0.4 is 21.7 Å². The third-order valence-electron chi connectivity index (χ3n) is 7.31. The maximum absolute atomic E-state index is 15.6. The first-order chi connectivity index (χ1) is 16.7. The van der Waals surface area contributed by atoms with Gasteiger partial charge in [-0.3, -0.25) is 9.59 Å². The summed E-state index contributed by atoms with van der Waals surface area (Å²) in [5.41, 5.74) is 6.57. The van der Waals surface area contributed by atoms with Crippen molar-refractivity contribution >= 4 is 24.1 Å². The minimum Gasteiger partial charge on any atom is -0.507 e. The van der Waals surface area contributed by atoms with Crippen LogP contribution in [0.2, 0.25) is 0 Å². The molecule has 2 aromatic rings. The van der Waals surface area contributed by atoms with Crippen molar-refractivity contribution in [2.75, 3.05) is 19.6 Å². The zero-order valence-electron chi connectivity index (χ0n) is 20.8. The number of carbonyl (C=O) groups is 2. The monoisotopic (exact) mass is 518 g/mol. The average molecular weight is 519 g/mol. The van der Waals surface area contributed by atoms with Gasteiger partial charge in [0.1, 0.15) is 17.1 Å². The maximum Gasteiger partial charge on any atom is 0.251 e. The summed E-state index contributed by atoms with van der Waals surface area (Å²) < 4.78 is 15.6. The van der Waals surface area contributed by atoms with Crippen LogP contribution >= 0.6 is 12.4 Å². The fraction of sp³-hybridized carbons (Fsp3) is 0.481. The Balaban J connectivity index is 0.00000361. The van der Waals surface area contributed by atoms with E-state index in [2.05, 4.69) is 29.8 Å². The quantitative estimate of drug-likeness (QED) is 0.387. The Morgan fingerprint density at radius 1 is 1.08 bits per heavy atom. The number of halogens is 2. The minimum atomic E-state index is -0.708. The van der Waals surface area contributed by atoms with Crippen LogP contribution in [-0.4, -0.2) is 48.5 Å². The highest BCUT2D eigenvalue weighted by Crippen LogP contribution is 2.42. The van der Waals surface area contributed by atoms with Gasteiger partial charge in [0.2, 0.25) is 0 Å². The molecule has 196 valence electrons. The summed E-state index contributed by atoms with van der Waals surface area (Å²) >= 11 is 0. The third kappa shape index (κ3) is 5.89. The van der Waals surface area contributed by atoms with E-state index in [0.29, 0.717) is 17.7 Å². The van der Waals surface area contributed by atoms with E-state index >= 15 is 4.39 Å². The molecule has 36 heavy (non-hydrogen) atoms. The Morgan fingerprint density at radius 3 is 2.47 bits per heavy atom. The number of phenols is 1. The fourth-order valence-electron chi connectivity index (χ4n) is 5.18. The van der Waals surface area contributed by atoms with Crippen LogP contribution in [0.25, 0.3) is 0 Å². The predicted molar refractivity (Wildman–Crippen MR) is 140 cm³/mol. The molecular weight excluding hydrogens is 483 g/mol. The Hall–Kier alpha value is -2.52. The topological polar surface area (TPSA) is 116 Å². The van der Waals surface area contributed by atoms with Crippen LogP contribution in [-0.2, 0) is 0 Å². The summed E-state index contributed by atoms with van der Waals surface area (Å²) in [6.45, 7) is 6.42. The molecule has 0 aromatic heterocycles. The first-order valence-corrected chi connectivity index (χ1v) is 12.4. The lowest BCUT2D eigenvalue weighted by molar-refractivity contribution is 0.0928. The molecule has 2 aliphatic rings. The number of hydrogen-bond acceptors (Lipinski definition) is 6. The SMILES string of the molecule is CC1(C)CCCNC1c1ccc(O)c(C(=O)c2ccc(C(=O)N[C@@H]3CCCNC[C@H]3N)cc2)c1F.Cl. The lowest BCUT2D eigenvalue weighted by Crippen LogP contribution is -2.50. The Morgan fingerprint density at radius 2 is 1.78 bits per heavy atom. The van der Waals surface area contributed by atoms with Gasteiger partial charge in [-0.15, -0.1) is 12.4 Å². The molecule has 0 bridgehead atoms. The van der Waals surface area contributed by atoms with Gasteiger partial charge in [-0.25, -0.2) is 4.39 Å². The molecule has 2 aromatic carbocycles. The zero-order chi connectivity index (χ0) is 25.2. The third-order valence-corrected chi connectivity index (χ3v) is 7.31. The Bertz CT molecular complexity index is 1090.